The van der Waals surface area contributed by atoms with Gasteiger partial charge in [0.1, 0.15) is 11.6 Å². The highest BCUT2D eigenvalue weighted by Gasteiger charge is 2.23. The van der Waals surface area contributed by atoms with Gasteiger partial charge in [-0.15, -0.1) is 6.58 Å². The fourth-order valence-corrected chi connectivity index (χ4v) is 3.32. The number of benzene rings is 2. The molecule has 0 saturated heterocycles. The maximum Gasteiger partial charge on any atom is 0.129 e. The summed E-state index contributed by atoms with van der Waals surface area (Å²) in [5.74, 6) is -1.12. The van der Waals surface area contributed by atoms with Gasteiger partial charge in [-0.3, -0.25) is 0 Å². The average Bonchev–Trinajstić information content (AvgIpc) is 2.57. The summed E-state index contributed by atoms with van der Waals surface area (Å²) in [6.45, 7) is 8.84. The van der Waals surface area contributed by atoms with Crippen LogP contribution in [-0.2, 0) is 11.3 Å². The SMILES string of the molecule is C=CCN(CC(Cc1c(F)cccc1F)c1c(C)cccc1C)OC. The molecule has 2 rings (SSSR count). The molecule has 0 amide bonds. The molecule has 2 aromatic carbocycles. The molecule has 0 radical (unpaired) electrons. The average molecular weight is 345 g/mol. The second kappa shape index (κ2) is 8.88. The van der Waals surface area contributed by atoms with Crippen molar-refractivity contribution < 1.29 is 13.6 Å². The minimum absolute atomic E-state index is 0.104. The number of hydroxylamine groups is 2. The van der Waals surface area contributed by atoms with Gasteiger partial charge in [0.2, 0.25) is 0 Å². The molecule has 0 aromatic heterocycles. The summed E-state index contributed by atoms with van der Waals surface area (Å²) in [5.41, 5.74) is 3.44. The van der Waals surface area contributed by atoms with E-state index >= 15 is 0 Å². The van der Waals surface area contributed by atoms with Crippen LogP contribution < -0.4 is 0 Å². The Balaban J connectivity index is 2.43. The van der Waals surface area contributed by atoms with Crippen LogP contribution in [0.5, 0.6) is 0 Å². The number of aryl methyl sites for hydroxylation is 2. The minimum atomic E-state index is -0.510. The first-order valence-corrected chi connectivity index (χ1v) is 8.36. The van der Waals surface area contributed by atoms with Crippen molar-refractivity contribution in [2.45, 2.75) is 26.2 Å². The Morgan fingerprint density at radius 3 is 2.16 bits per heavy atom. The van der Waals surface area contributed by atoms with Crippen molar-refractivity contribution in [1.29, 1.82) is 0 Å². The van der Waals surface area contributed by atoms with Crippen LogP contribution in [-0.4, -0.2) is 25.3 Å². The van der Waals surface area contributed by atoms with E-state index in [4.69, 9.17) is 4.84 Å². The third-order valence-electron chi connectivity index (χ3n) is 4.48. The Kier molecular flexibility index (Phi) is 6.85. The van der Waals surface area contributed by atoms with Gasteiger partial charge < -0.3 is 4.84 Å². The quantitative estimate of drug-likeness (QED) is 0.495. The zero-order valence-corrected chi connectivity index (χ0v) is 15.1. The first-order chi connectivity index (χ1) is 12.0. The van der Waals surface area contributed by atoms with Crippen LogP contribution in [0, 0.1) is 25.5 Å². The summed E-state index contributed by atoms with van der Waals surface area (Å²) in [6, 6.07) is 10.0. The van der Waals surface area contributed by atoms with E-state index in [2.05, 4.69) is 6.58 Å². The lowest BCUT2D eigenvalue weighted by Crippen LogP contribution is -2.30. The number of hydrogen-bond acceptors (Lipinski definition) is 2. The monoisotopic (exact) mass is 345 g/mol. The topological polar surface area (TPSA) is 12.5 Å². The second-order valence-electron chi connectivity index (χ2n) is 6.22. The molecule has 0 spiro atoms. The highest BCUT2D eigenvalue weighted by molar-refractivity contribution is 5.38. The van der Waals surface area contributed by atoms with Crippen LogP contribution in [0.2, 0.25) is 0 Å². The molecule has 1 atom stereocenters. The lowest BCUT2D eigenvalue weighted by Gasteiger charge is -2.27. The third-order valence-corrected chi connectivity index (χ3v) is 4.48. The Labute approximate surface area is 148 Å². The largest absolute Gasteiger partial charge is 0.302 e. The van der Waals surface area contributed by atoms with Gasteiger partial charge in [0.15, 0.2) is 0 Å². The van der Waals surface area contributed by atoms with E-state index in [9.17, 15) is 8.78 Å². The predicted octanol–water partition coefficient (Wildman–Crippen LogP) is 4.96. The molecule has 0 aliphatic carbocycles. The summed E-state index contributed by atoms with van der Waals surface area (Å²) in [6.07, 6.45) is 2.01. The molecule has 0 aliphatic heterocycles. The standard InChI is InChI=1S/C21H25F2NO/c1-5-12-24(25-4)14-17(21-15(2)8-6-9-16(21)3)13-18-19(22)10-7-11-20(18)23/h5-11,17H,1,12-14H2,2-4H3. The maximum atomic E-state index is 14.2. The van der Waals surface area contributed by atoms with Gasteiger partial charge in [0.05, 0.1) is 7.11 Å². The molecule has 134 valence electrons. The Morgan fingerprint density at radius 1 is 1.08 bits per heavy atom. The van der Waals surface area contributed by atoms with Gasteiger partial charge in [-0.25, -0.2) is 8.78 Å². The summed E-state index contributed by atoms with van der Waals surface area (Å²) < 4.78 is 28.4. The molecule has 0 bridgehead atoms. The molecule has 0 fully saturated rings. The zero-order valence-electron chi connectivity index (χ0n) is 15.1. The smallest absolute Gasteiger partial charge is 0.129 e. The first-order valence-electron chi connectivity index (χ1n) is 8.36. The molecule has 0 saturated carbocycles. The predicted molar refractivity (Wildman–Crippen MR) is 97.5 cm³/mol. The first kappa shape index (κ1) is 19.3. The number of rotatable bonds is 8. The van der Waals surface area contributed by atoms with Crippen molar-refractivity contribution in [3.05, 3.63) is 82.9 Å². The van der Waals surface area contributed by atoms with Crippen molar-refractivity contribution in [3.8, 4) is 0 Å². The van der Waals surface area contributed by atoms with Crippen LogP contribution in [0.4, 0.5) is 8.78 Å². The second-order valence-corrected chi connectivity index (χ2v) is 6.22. The lowest BCUT2D eigenvalue weighted by atomic mass is 9.85. The van der Waals surface area contributed by atoms with Crippen molar-refractivity contribution in [1.82, 2.24) is 5.06 Å². The zero-order chi connectivity index (χ0) is 18.4. The van der Waals surface area contributed by atoms with Crippen molar-refractivity contribution in [2.24, 2.45) is 0 Å². The van der Waals surface area contributed by atoms with E-state index in [0.29, 0.717) is 13.1 Å². The highest BCUT2D eigenvalue weighted by Crippen LogP contribution is 2.30. The summed E-state index contributed by atoms with van der Waals surface area (Å²) >= 11 is 0. The third kappa shape index (κ3) is 4.74. The van der Waals surface area contributed by atoms with Gasteiger partial charge in [-0.05, 0) is 49.1 Å². The van der Waals surface area contributed by atoms with Crippen LogP contribution in [0.15, 0.2) is 49.1 Å². The molecule has 1 unspecified atom stereocenters. The number of hydrogen-bond donors (Lipinski definition) is 0. The van der Waals surface area contributed by atoms with E-state index in [1.807, 2.05) is 32.0 Å². The summed E-state index contributed by atoms with van der Waals surface area (Å²) in [5, 5.41) is 1.75. The van der Waals surface area contributed by atoms with Gasteiger partial charge in [-0.1, -0.05) is 30.3 Å². The molecule has 2 nitrogen and oxygen atoms in total. The van der Waals surface area contributed by atoms with E-state index in [-0.39, 0.29) is 17.9 Å². The van der Waals surface area contributed by atoms with Crippen molar-refractivity contribution in [3.63, 3.8) is 0 Å². The van der Waals surface area contributed by atoms with Gasteiger partial charge in [0, 0.05) is 24.6 Å². The van der Waals surface area contributed by atoms with Crippen LogP contribution in [0.3, 0.4) is 0 Å². The normalized spacial score (nSPS) is 12.4. The van der Waals surface area contributed by atoms with Gasteiger partial charge in [-0.2, -0.15) is 5.06 Å². The molecule has 2 aromatic rings. The Bertz CT molecular complexity index is 689. The van der Waals surface area contributed by atoms with E-state index < -0.39 is 11.6 Å². The van der Waals surface area contributed by atoms with Crippen LogP contribution >= 0.6 is 0 Å². The van der Waals surface area contributed by atoms with Gasteiger partial charge >= 0.3 is 0 Å². The van der Waals surface area contributed by atoms with Crippen LogP contribution in [0.25, 0.3) is 0 Å². The van der Waals surface area contributed by atoms with E-state index in [1.165, 1.54) is 18.2 Å². The molecule has 0 aliphatic rings. The molecule has 0 N–H and O–H groups in total. The fourth-order valence-electron chi connectivity index (χ4n) is 3.32. The molecule has 0 heterocycles. The maximum absolute atomic E-state index is 14.2. The Hall–Kier alpha value is -2.04. The fraction of sp³-hybridized carbons (Fsp3) is 0.333. The van der Waals surface area contributed by atoms with Crippen molar-refractivity contribution >= 4 is 0 Å². The number of halogens is 2. The molecular weight excluding hydrogens is 320 g/mol. The lowest BCUT2D eigenvalue weighted by molar-refractivity contribution is -0.125. The van der Waals surface area contributed by atoms with Gasteiger partial charge in [0.25, 0.3) is 0 Å². The molecular formula is C21H25F2NO. The highest BCUT2D eigenvalue weighted by atomic mass is 19.1. The van der Waals surface area contributed by atoms with Crippen molar-refractivity contribution in [2.75, 3.05) is 20.2 Å². The summed E-state index contributed by atoms with van der Waals surface area (Å²) in [7, 11) is 1.59. The summed E-state index contributed by atoms with van der Waals surface area (Å²) in [4.78, 5) is 5.40. The Morgan fingerprint density at radius 2 is 1.64 bits per heavy atom. The van der Waals surface area contributed by atoms with E-state index in [0.717, 1.165) is 16.7 Å². The van der Waals surface area contributed by atoms with Crippen LogP contribution in [0.1, 0.15) is 28.2 Å². The molecule has 4 heteroatoms. The number of nitrogens with zero attached hydrogens (tertiary/aromatic N) is 1. The minimum Gasteiger partial charge on any atom is -0.302 e. The van der Waals surface area contributed by atoms with E-state index in [1.54, 1.807) is 18.2 Å². The molecule has 25 heavy (non-hydrogen) atoms.